The van der Waals surface area contributed by atoms with Crippen molar-refractivity contribution in [3.8, 4) is 11.6 Å². The summed E-state index contributed by atoms with van der Waals surface area (Å²) in [5, 5.41) is 12.4. The topological polar surface area (TPSA) is 89.3 Å². The van der Waals surface area contributed by atoms with E-state index in [-0.39, 0.29) is 12.0 Å². The zero-order chi connectivity index (χ0) is 21.1. The van der Waals surface area contributed by atoms with E-state index in [1.165, 1.54) is 6.20 Å². The van der Waals surface area contributed by atoms with Crippen molar-refractivity contribution in [1.82, 2.24) is 30.1 Å². The Morgan fingerprint density at radius 2 is 1.87 bits per heavy atom. The highest BCUT2D eigenvalue weighted by Gasteiger charge is 2.26. The zero-order valence-electron chi connectivity index (χ0n) is 16.8. The SMILES string of the molecule is CC(C)Oc1ncc(C(=O)N2CCN(c3nnnn3-c3ccccc3)CC2)cc1Cl. The number of pyridine rings is 1. The third kappa shape index (κ3) is 4.20. The lowest BCUT2D eigenvalue weighted by Gasteiger charge is -2.34. The van der Waals surface area contributed by atoms with Crippen LogP contribution in [0.25, 0.3) is 5.69 Å². The molecule has 0 saturated carbocycles. The first-order chi connectivity index (χ1) is 14.5. The van der Waals surface area contributed by atoms with E-state index in [0.29, 0.717) is 48.6 Å². The van der Waals surface area contributed by atoms with Gasteiger partial charge in [-0.3, -0.25) is 4.79 Å². The van der Waals surface area contributed by atoms with Gasteiger partial charge in [0.1, 0.15) is 5.02 Å². The smallest absolute Gasteiger partial charge is 0.255 e. The molecule has 3 aromatic rings. The summed E-state index contributed by atoms with van der Waals surface area (Å²) < 4.78 is 7.24. The molecule has 0 unspecified atom stereocenters. The van der Waals surface area contributed by atoms with Crippen LogP contribution in [-0.2, 0) is 0 Å². The van der Waals surface area contributed by atoms with Crippen LogP contribution in [0, 0.1) is 0 Å². The van der Waals surface area contributed by atoms with Crippen LogP contribution < -0.4 is 9.64 Å². The van der Waals surface area contributed by atoms with Gasteiger partial charge in [-0.2, -0.15) is 4.68 Å². The summed E-state index contributed by atoms with van der Waals surface area (Å²) in [6.07, 6.45) is 1.46. The standard InChI is InChI=1S/C20H22ClN7O2/c1-14(2)30-18-17(21)12-15(13-22-18)19(29)26-8-10-27(11-9-26)20-23-24-25-28(20)16-6-4-3-5-7-16/h3-7,12-14H,8-11H2,1-2H3. The number of ether oxygens (including phenoxy) is 1. The molecule has 1 amide bonds. The van der Waals surface area contributed by atoms with Crippen molar-refractivity contribution in [3.63, 3.8) is 0 Å². The van der Waals surface area contributed by atoms with Crippen molar-refractivity contribution in [1.29, 1.82) is 0 Å². The van der Waals surface area contributed by atoms with Gasteiger partial charge in [-0.05, 0) is 42.5 Å². The number of para-hydroxylation sites is 1. The Morgan fingerprint density at radius 3 is 2.53 bits per heavy atom. The van der Waals surface area contributed by atoms with Gasteiger partial charge in [0.15, 0.2) is 0 Å². The number of piperazine rings is 1. The highest BCUT2D eigenvalue weighted by molar-refractivity contribution is 6.32. The van der Waals surface area contributed by atoms with Crippen LogP contribution in [0.1, 0.15) is 24.2 Å². The van der Waals surface area contributed by atoms with E-state index >= 15 is 0 Å². The van der Waals surface area contributed by atoms with Crippen LogP contribution in [0.5, 0.6) is 5.88 Å². The Balaban J connectivity index is 1.42. The van der Waals surface area contributed by atoms with Crippen molar-refractivity contribution in [3.05, 3.63) is 53.2 Å². The minimum Gasteiger partial charge on any atom is -0.474 e. The second-order valence-corrected chi connectivity index (χ2v) is 7.59. The van der Waals surface area contributed by atoms with Crippen LogP contribution in [0.2, 0.25) is 5.02 Å². The second-order valence-electron chi connectivity index (χ2n) is 7.18. The molecule has 0 radical (unpaired) electrons. The molecular weight excluding hydrogens is 406 g/mol. The summed E-state index contributed by atoms with van der Waals surface area (Å²) in [5.74, 6) is 0.886. The van der Waals surface area contributed by atoms with Gasteiger partial charge in [-0.15, -0.1) is 0 Å². The van der Waals surface area contributed by atoms with Gasteiger partial charge in [0.05, 0.1) is 17.4 Å². The molecule has 3 heterocycles. The normalized spacial score (nSPS) is 14.3. The Kier molecular flexibility index (Phi) is 5.80. The number of amides is 1. The number of hydrogen-bond acceptors (Lipinski definition) is 7. The fourth-order valence-corrected chi connectivity index (χ4v) is 3.47. The van der Waals surface area contributed by atoms with Gasteiger partial charge in [-0.1, -0.05) is 34.9 Å². The van der Waals surface area contributed by atoms with Crippen molar-refractivity contribution < 1.29 is 9.53 Å². The van der Waals surface area contributed by atoms with Gasteiger partial charge in [0.2, 0.25) is 11.8 Å². The molecule has 1 aliphatic rings. The van der Waals surface area contributed by atoms with Crippen molar-refractivity contribution in [2.45, 2.75) is 20.0 Å². The molecule has 0 bridgehead atoms. The molecule has 0 aliphatic carbocycles. The molecule has 1 saturated heterocycles. The fourth-order valence-electron chi connectivity index (χ4n) is 3.26. The van der Waals surface area contributed by atoms with Crippen LogP contribution in [-0.4, -0.2) is 68.3 Å². The quantitative estimate of drug-likeness (QED) is 0.617. The van der Waals surface area contributed by atoms with Crippen molar-refractivity contribution in [2.24, 2.45) is 0 Å². The maximum absolute atomic E-state index is 12.9. The molecule has 10 heteroatoms. The number of benzene rings is 1. The van der Waals surface area contributed by atoms with Gasteiger partial charge in [0.25, 0.3) is 5.91 Å². The largest absolute Gasteiger partial charge is 0.474 e. The maximum atomic E-state index is 12.9. The molecule has 30 heavy (non-hydrogen) atoms. The summed E-state index contributed by atoms with van der Waals surface area (Å²) in [6.45, 7) is 6.11. The van der Waals surface area contributed by atoms with E-state index in [1.807, 2.05) is 44.2 Å². The lowest BCUT2D eigenvalue weighted by atomic mass is 10.2. The molecule has 9 nitrogen and oxygen atoms in total. The molecule has 156 valence electrons. The molecule has 1 aliphatic heterocycles. The number of tetrazole rings is 1. The minimum absolute atomic E-state index is 0.0444. The first-order valence-electron chi connectivity index (χ1n) is 9.73. The molecule has 4 rings (SSSR count). The van der Waals surface area contributed by atoms with Crippen LogP contribution >= 0.6 is 11.6 Å². The highest BCUT2D eigenvalue weighted by Crippen LogP contribution is 2.24. The molecule has 1 aromatic carbocycles. The molecule has 2 aromatic heterocycles. The van der Waals surface area contributed by atoms with Gasteiger partial charge >= 0.3 is 0 Å². The number of carbonyl (C=O) groups excluding carboxylic acids is 1. The molecule has 0 spiro atoms. The van der Waals surface area contributed by atoms with Gasteiger partial charge in [0, 0.05) is 32.4 Å². The zero-order valence-corrected chi connectivity index (χ0v) is 17.5. The monoisotopic (exact) mass is 427 g/mol. The number of aromatic nitrogens is 5. The lowest BCUT2D eigenvalue weighted by molar-refractivity contribution is 0.0745. The molecular formula is C20H22ClN7O2. The van der Waals surface area contributed by atoms with E-state index in [0.717, 1.165) is 5.69 Å². The van der Waals surface area contributed by atoms with Crippen molar-refractivity contribution in [2.75, 3.05) is 31.1 Å². The molecule has 0 N–H and O–H groups in total. The number of nitrogens with zero attached hydrogens (tertiary/aromatic N) is 7. The molecule has 0 atom stereocenters. The van der Waals surface area contributed by atoms with Gasteiger partial charge in [-0.25, -0.2) is 4.98 Å². The lowest BCUT2D eigenvalue weighted by Crippen LogP contribution is -2.49. The highest BCUT2D eigenvalue weighted by atomic mass is 35.5. The Morgan fingerprint density at radius 1 is 1.13 bits per heavy atom. The third-order valence-electron chi connectivity index (χ3n) is 4.71. The number of hydrogen-bond donors (Lipinski definition) is 0. The van der Waals surface area contributed by atoms with Crippen LogP contribution in [0.3, 0.4) is 0 Å². The van der Waals surface area contributed by atoms with E-state index < -0.39 is 0 Å². The number of anilines is 1. The average molecular weight is 428 g/mol. The number of rotatable bonds is 5. The Hall–Kier alpha value is -3.20. The maximum Gasteiger partial charge on any atom is 0.255 e. The predicted octanol–water partition coefficient (Wildman–Crippen LogP) is 2.46. The first-order valence-corrected chi connectivity index (χ1v) is 10.1. The van der Waals surface area contributed by atoms with E-state index in [2.05, 4.69) is 25.4 Å². The second kappa shape index (κ2) is 8.66. The van der Waals surface area contributed by atoms with E-state index in [4.69, 9.17) is 16.3 Å². The van der Waals surface area contributed by atoms with Crippen molar-refractivity contribution >= 4 is 23.5 Å². The Bertz CT molecular complexity index is 1020. The number of halogens is 1. The summed E-state index contributed by atoms with van der Waals surface area (Å²) in [4.78, 5) is 20.9. The summed E-state index contributed by atoms with van der Waals surface area (Å²) in [6, 6.07) is 11.3. The Labute approximate surface area is 179 Å². The summed E-state index contributed by atoms with van der Waals surface area (Å²) in [5.41, 5.74) is 1.33. The van der Waals surface area contributed by atoms with E-state index in [9.17, 15) is 4.79 Å². The minimum atomic E-state index is -0.109. The predicted molar refractivity (Wildman–Crippen MR) is 112 cm³/mol. The molecule has 1 fully saturated rings. The van der Waals surface area contributed by atoms with Gasteiger partial charge < -0.3 is 14.5 Å². The fraction of sp³-hybridized carbons (Fsp3) is 0.350. The first kappa shape index (κ1) is 20.1. The number of carbonyl (C=O) groups is 1. The van der Waals surface area contributed by atoms with E-state index in [1.54, 1.807) is 15.6 Å². The van der Waals surface area contributed by atoms with Crippen LogP contribution in [0.4, 0.5) is 5.95 Å². The summed E-state index contributed by atoms with van der Waals surface area (Å²) >= 11 is 6.23. The average Bonchev–Trinajstić information content (AvgIpc) is 3.25. The third-order valence-corrected chi connectivity index (χ3v) is 4.98. The van der Waals surface area contributed by atoms with Crippen LogP contribution in [0.15, 0.2) is 42.6 Å². The summed E-state index contributed by atoms with van der Waals surface area (Å²) in [7, 11) is 0.